The molecule has 0 radical (unpaired) electrons. The van der Waals surface area contributed by atoms with Crippen LogP contribution in [0.15, 0.2) is 36.9 Å². The van der Waals surface area contributed by atoms with Crippen LogP contribution in [0.1, 0.15) is 19.4 Å². The second-order valence-electron chi connectivity index (χ2n) is 4.06. The number of urea groups is 1. The second-order valence-corrected chi connectivity index (χ2v) is 4.06. The van der Waals surface area contributed by atoms with Gasteiger partial charge in [0.25, 0.3) is 5.91 Å². The summed E-state index contributed by atoms with van der Waals surface area (Å²) in [5.74, 6) is -0.350. The van der Waals surface area contributed by atoms with Crippen molar-refractivity contribution in [2.45, 2.75) is 19.4 Å². The molecule has 1 aromatic rings. The number of carbonyl (C=O) groups excluding carboxylic acids is 2. The molecule has 96 valence electrons. The molecule has 5 heteroatoms. The summed E-state index contributed by atoms with van der Waals surface area (Å²) < 4.78 is 0. The monoisotopic (exact) mass is 247 g/mol. The first-order valence-electron chi connectivity index (χ1n) is 5.50. The lowest BCUT2D eigenvalue weighted by Gasteiger charge is -2.20. The first kappa shape index (κ1) is 13.8. The molecule has 5 nitrogen and oxygen atoms in total. The van der Waals surface area contributed by atoms with Gasteiger partial charge in [-0.3, -0.25) is 10.1 Å². The molecule has 1 fully saturated rings. The van der Waals surface area contributed by atoms with E-state index in [0.29, 0.717) is 11.3 Å². The van der Waals surface area contributed by atoms with Gasteiger partial charge in [-0.05, 0) is 31.5 Å². The van der Waals surface area contributed by atoms with Crippen molar-refractivity contribution in [2.24, 2.45) is 0 Å². The molecule has 0 saturated carbocycles. The Kier molecular flexibility index (Phi) is 4.09. The number of hydrogen-bond acceptors (Lipinski definition) is 3. The standard InChI is InChI=1S/C10H11N3O2.C3H6/c1-10(8(14)12-9(15)13-10)6-2-4-7(11)5-3-6;1-3-2/h2-5H,11H2,1H3,(H2,12,13,14,15);3H,1H2,2H3. The van der Waals surface area contributed by atoms with Crippen molar-refractivity contribution in [1.29, 1.82) is 0 Å². The van der Waals surface area contributed by atoms with E-state index in [1.165, 1.54) is 0 Å². The zero-order chi connectivity index (χ0) is 13.8. The molecule has 1 saturated heterocycles. The van der Waals surface area contributed by atoms with Crippen molar-refractivity contribution >= 4 is 17.6 Å². The van der Waals surface area contributed by atoms with E-state index in [-0.39, 0.29) is 5.91 Å². The maximum atomic E-state index is 11.6. The minimum absolute atomic E-state index is 0.350. The molecule has 0 aliphatic carbocycles. The molecule has 1 aromatic carbocycles. The van der Waals surface area contributed by atoms with Gasteiger partial charge in [-0.25, -0.2) is 4.79 Å². The van der Waals surface area contributed by atoms with Gasteiger partial charge in [0.2, 0.25) is 0 Å². The number of hydrogen-bond donors (Lipinski definition) is 3. The van der Waals surface area contributed by atoms with E-state index in [9.17, 15) is 9.59 Å². The van der Waals surface area contributed by atoms with Gasteiger partial charge < -0.3 is 11.1 Å². The molecule has 2 rings (SSSR count). The second kappa shape index (κ2) is 5.35. The van der Waals surface area contributed by atoms with Crippen LogP contribution >= 0.6 is 0 Å². The minimum atomic E-state index is -0.995. The summed E-state index contributed by atoms with van der Waals surface area (Å²) in [4.78, 5) is 22.6. The van der Waals surface area contributed by atoms with Crippen molar-refractivity contribution in [3.05, 3.63) is 42.5 Å². The Morgan fingerprint density at radius 1 is 1.28 bits per heavy atom. The molecular weight excluding hydrogens is 230 g/mol. The molecule has 0 bridgehead atoms. The van der Waals surface area contributed by atoms with Crippen molar-refractivity contribution < 1.29 is 9.59 Å². The van der Waals surface area contributed by atoms with Crippen LogP contribution in [-0.4, -0.2) is 11.9 Å². The van der Waals surface area contributed by atoms with Crippen LogP contribution < -0.4 is 16.4 Å². The summed E-state index contributed by atoms with van der Waals surface area (Å²) >= 11 is 0. The van der Waals surface area contributed by atoms with E-state index in [1.54, 1.807) is 37.3 Å². The molecule has 4 N–H and O–H groups in total. The van der Waals surface area contributed by atoms with Gasteiger partial charge in [-0.2, -0.15) is 0 Å². The summed E-state index contributed by atoms with van der Waals surface area (Å²) in [6.45, 7) is 6.90. The molecule has 0 spiro atoms. The summed E-state index contributed by atoms with van der Waals surface area (Å²) in [7, 11) is 0. The maximum absolute atomic E-state index is 11.6. The van der Waals surface area contributed by atoms with Crippen LogP contribution in [0.3, 0.4) is 0 Å². The number of carbonyl (C=O) groups is 2. The van der Waals surface area contributed by atoms with E-state index in [4.69, 9.17) is 5.73 Å². The molecule has 0 aromatic heterocycles. The van der Waals surface area contributed by atoms with Crippen molar-refractivity contribution in [3.8, 4) is 0 Å². The van der Waals surface area contributed by atoms with Crippen molar-refractivity contribution in [1.82, 2.24) is 10.6 Å². The predicted octanol–water partition coefficient (Wildman–Crippen LogP) is 1.52. The Morgan fingerprint density at radius 2 is 1.78 bits per heavy atom. The third kappa shape index (κ3) is 2.68. The molecule has 1 aliphatic heterocycles. The molecule has 3 amide bonds. The van der Waals surface area contributed by atoms with Gasteiger partial charge in [0.05, 0.1) is 0 Å². The highest BCUT2D eigenvalue weighted by Crippen LogP contribution is 2.24. The number of nitrogens with two attached hydrogens (primary N) is 1. The third-order valence-corrected chi connectivity index (χ3v) is 2.53. The SMILES string of the molecule is C=CC.CC1(c2ccc(N)cc2)NC(=O)NC1=O. The Balaban J connectivity index is 0.000000492. The first-order chi connectivity index (χ1) is 8.43. The number of amides is 3. The molecule has 1 unspecified atom stereocenters. The average Bonchev–Trinajstić information content (AvgIpc) is 2.55. The lowest BCUT2D eigenvalue weighted by atomic mass is 9.92. The quantitative estimate of drug-likeness (QED) is 0.399. The van der Waals surface area contributed by atoms with Crippen molar-refractivity contribution in [3.63, 3.8) is 0 Å². The molecular formula is C13H17N3O2. The fourth-order valence-electron chi connectivity index (χ4n) is 1.56. The maximum Gasteiger partial charge on any atom is 0.322 e. The number of nitrogens with one attached hydrogen (secondary N) is 2. The lowest BCUT2D eigenvalue weighted by molar-refractivity contribution is -0.123. The van der Waals surface area contributed by atoms with Crippen LogP contribution in [0.5, 0.6) is 0 Å². The van der Waals surface area contributed by atoms with Gasteiger partial charge in [0.15, 0.2) is 0 Å². The normalized spacial score (nSPS) is 21.4. The predicted molar refractivity (Wildman–Crippen MR) is 70.8 cm³/mol. The first-order valence-corrected chi connectivity index (χ1v) is 5.50. The number of imide groups is 1. The van der Waals surface area contributed by atoms with Gasteiger partial charge in [0.1, 0.15) is 5.54 Å². The van der Waals surface area contributed by atoms with E-state index in [1.807, 2.05) is 6.92 Å². The van der Waals surface area contributed by atoms with E-state index < -0.39 is 11.6 Å². The van der Waals surface area contributed by atoms with Crippen LogP contribution in [0, 0.1) is 0 Å². The zero-order valence-electron chi connectivity index (χ0n) is 10.5. The van der Waals surface area contributed by atoms with Crippen LogP contribution in [0.25, 0.3) is 0 Å². The fourth-order valence-corrected chi connectivity index (χ4v) is 1.56. The zero-order valence-corrected chi connectivity index (χ0v) is 10.5. The Labute approximate surface area is 106 Å². The van der Waals surface area contributed by atoms with Gasteiger partial charge >= 0.3 is 6.03 Å². The highest BCUT2D eigenvalue weighted by atomic mass is 16.2. The van der Waals surface area contributed by atoms with E-state index in [2.05, 4.69) is 17.2 Å². The number of allylic oxidation sites excluding steroid dienone is 1. The van der Waals surface area contributed by atoms with Crippen LogP contribution in [-0.2, 0) is 10.3 Å². The molecule has 1 atom stereocenters. The summed E-state index contributed by atoms with van der Waals surface area (Å²) in [5.41, 5.74) is 5.87. The number of anilines is 1. The summed E-state index contributed by atoms with van der Waals surface area (Å²) in [5, 5.41) is 4.78. The van der Waals surface area contributed by atoms with Gasteiger partial charge in [-0.1, -0.05) is 18.2 Å². The highest BCUT2D eigenvalue weighted by molar-refractivity contribution is 6.07. The van der Waals surface area contributed by atoms with Crippen LogP contribution in [0.4, 0.5) is 10.5 Å². The molecule has 1 aliphatic rings. The Bertz CT molecular complexity index is 468. The number of nitrogen functional groups attached to an aromatic ring is 1. The third-order valence-electron chi connectivity index (χ3n) is 2.53. The van der Waals surface area contributed by atoms with Gasteiger partial charge in [-0.15, -0.1) is 6.58 Å². The molecule has 18 heavy (non-hydrogen) atoms. The fraction of sp³-hybridized carbons (Fsp3) is 0.231. The van der Waals surface area contributed by atoms with E-state index >= 15 is 0 Å². The molecule has 1 heterocycles. The minimum Gasteiger partial charge on any atom is -0.399 e. The highest BCUT2D eigenvalue weighted by Gasteiger charge is 2.43. The summed E-state index contributed by atoms with van der Waals surface area (Å²) in [6, 6.07) is 6.36. The summed E-state index contributed by atoms with van der Waals surface area (Å²) in [6.07, 6.45) is 1.75. The number of rotatable bonds is 1. The lowest BCUT2D eigenvalue weighted by Crippen LogP contribution is -2.40. The Hall–Kier alpha value is -2.30. The van der Waals surface area contributed by atoms with Crippen molar-refractivity contribution in [2.75, 3.05) is 5.73 Å². The smallest absolute Gasteiger partial charge is 0.322 e. The Morgan fingerprint density at radius 3 is 2.17 bits per heavy atom. The largest absolute Gasteiger partial charge is 0.399 e. The number of benzene rings is 1. The van der Waals surface area contributed by atoms with Gasteiger partial charge in [0, 0.05) is 5.69 Å². The topological polar surface area (TPSA) is 84.2 Å². The van der Waals surface area contributed by atoms with Crippen LogP contribution in [0.2, 0.25) is 0 Å². The van der Waals surface area contributed by atoms with E-state index in [0.717, 1.165) is 0 Å². The average molecular weight is 247 g/mol.